The van der Waals surface area contributed by atoms with Crippen molar-refractivity contribution in [2.45, 2.75) is 68.9 Å². The SMILES string of the molecule is CCC[C@]1(CCc2ccccc2)CC(O)=C([C@@H](CC)c2cccc(NS(=O)(=O)c3ccc(C#N)cn3)c2)C(=O)O1. The number of ether oxygens (including phenoxy) is 1. The minimum absolute atomic E-state index is 0.0254. The van der Waals surface area contributed by atoms with Crippen molar-refractivity contribution in [3.63, 3.8) is 0 Å². The first kappa shape index (κ1) is 28.8. The highest BCUT2D eigenvalue weighted by Crippen LogP contribution is 2.42. The molecule has 9 heteroatoms. The number of hydrogen-bond acceptors (Lipinski definition) is 7. The highest BCUT2D eigenvalue weighted by Gasteiger charge is 2.43. The number of benzene rings is 2. The summed E-state index contributed by atoms with van der Waals surface area (Å²) in [5.74, 6) is -0.999. The fraction of sp³-hybridized carbons (Fsp3) is 0.323. The van der Waals surface area contributed by atoms with Crippen molar-refractivity contribution < 1.29 is 23.1 Å². The van der Waals surface area contributed by atoms with E-state index in [0.29, 0.717) is 24.8 Å². The molecule has 1 aliphatic rings. The van der Waals surface area contributed by atoms with Crippen LogP contribution in [-0.4, -0.2) is 30.1 Å². The molecule has 1 aromatic heterocycles. The second-order valence-corrected chi connectivity index (χ2v) is 11.7. The molecule has 0 amide bonds. The second-order valence-electron chi connectivity index (χ2n) is 10.0. The van der Waals surface area contributed by atoms with Crippen LogP contribution in [0.15, 0.2) is 89.3 Å². The molecule has 2 aromatic carbocycles. The van der Waals surface area contributed by atoms with Gasteiger partial charge in [-0.3, -0.25) is 4.72 Å². The van der Waals surface area contributed by atoms with E-state index in [2.05, 4.69) is 9.71 Å². The van der Waals surface area contributed by atoms with Crippen LogP contribution in [0.3, 0.4) is 0 Å². The number of nitrogens with zero attached hydrogens (tertiary/aromatic N) is 2. The topological polar surface area (TPSA) is 129 Å². The van der Waals surface area contributed by atoms with Crippen molar-refractivity contribution in [2.75, 3.05) is 4.72 Å². The molecular formula is C31H33N3O5S. The van der Waals surface area contributed by atoms with E-state index in [4.69, 9.17) is 10.00 Å². The molecule has 1 aliphatic heterocycles. The number of rotatable bonds is 11. The van der Waals surface area contributed by atoms with E-state index in [1.54, 1.807) is 24.3 Å². The van der Waals surface area contributed by atoms with Gasteiger partial charge < -0.3 is 9.84 Å². The first-order valence-electron chi connectivity index (χ1n) is 13.4. The summed E-state index contributed by atoms with van der Waals surface area (Å²) in [6.45, 7) is 3.93. The maximum Gasteiger partial charge on any atom is 0.338 e. The third-order valence-corrected chi connectivity index (χ3v) is 8.48. The molecule has 0 radical (unpaired) electrons. The molecule has 0 spiro atoms. The number of nitrogens with one attached hydrogen (secondary N) is 1. The number of sulfonamides is 1. The van der Waals surface area contributed by atoms with Crippen LogP contribution in [0.1, 0.15) is 68.6 Å². The van der Waals surface area contributed by atoms with Gasteiger partial charge in [-0.25, -0.2) is 9.78 Å². The summed E-state index contributed by atoms with van der Waals surface area (Å²) >= 11 is 0. The predicted molar refractivity (Wildman–Crippen MR) is 152 cm³/mol. The van der Waals surface area contributed by atoms with E-state index in [9.17, 15) is 18.3 Å². The number of pyridine rings is 1. The Balaban J connectivity index is 1.58. The molecule has 0 fully saturated rings. The van der Waals surface area contributed by atoms with Crippen LogP contribution < -0.4 is 4.72 Å². The molecule has 4 rings (SSSR count). The Labute approximate surface area is 235 Å². The number of aromatic nitrogens is 1. The minimum Gasteiger partial charge on any atom is -0.512 e. The number of nitriles is 1. The lowest BCUT2D eigenvalue weighted by atomic mass is 9.80. The van der Waals surface area contributed by atoms with Crippen molar-refractivity contribution >= 4 is 21.7 Å². The fourth-order valence-electron chi connectivity index (χ4n) is 5.26. The second kappa shape index (κ2) is 12.3. The number of hydrogen-bond donors (Lipinski definition) is 2. The number of cyclic esters (lactones) is 1. The number of aryl methyl sites for hydroxylation is 1. The summed E-state index contributed by atoms with van der Waals surface area (Å²) in [4.78, 5) is 17.3. The van der Waals surface area contributed by atoms with Gasteiger partial charge in [0.25, 0.3) is 10.0 Å². The van der Waals surface area contributed by atoms with E-state index < -0.39 is 27.5 Å². The van der Waals surface area contributed by atoms with Gasteiger partial charge in [0.1, 0.15) is 17.4 Å². The van der Waals surface area contributed by atoms with E-state index in [1.165, 1.54) is 18.3 Å². The monoisotopic (exact) mass is 559 g/mol. The Hall–Kier alpha value is -4.16. The van der Waals surface area contributed by atoms with Crippen molar-refractivity contribution in [3.8, 4) is 6.07 Å². The van der Waals surface area contributed by atoms with Crippen molar-refractivity contribution in [1.29, 1.82) is 5.26 Å². The predicted octanol–water partition coefficient (Wildman–Crippen LogP) is 6.18. The quantitative estimate of drug-likeness (QED) is 0.268. The number of anilines is 1. The lowest BCUT2D eigenvalue weighted by molar-refractivity contribution is -0.161. The molecule has 0 saturated carbocycles. The molecule has 3 aromatic rings. The molecular weight excluding hydrogens is 526 g/mol. The first-order valence-corrected chi connectivity index (χ1v) is 14.9. The fourth-order valence-corrected chi connectivity index (χ4v) is 6.24. The summed E-state index contributed by atoms with van der Waals surface area (Å²) in [5, 5.41) is 20.0. The van der Waals surface area contributed by atoms with Gasteiger partial charge in [0.05, 0.1) is 11.1 Å². The van der Waals surface area contributed by atoms with E-state index in [-0.39, 0.29) is 34.0 Å². The van der Waals surface area contributed by atoms with Crippen LogP contribution in [0.5, 0.6) is 0 Å². The van der Waals surface area contributed by atoms with Crippen LogP contribution in [0.25, 0.3) is 0 Å². The molecule has 2 heterocycles. The van der Waals surface area contributed by atoms with Crippen LogP contribution in [-0.2, 0) is 26.0 Å². The van der Waals surface area contributed by atoms with Gasteiger partial charge in [-0.2, -0.15) is 13.7 Å². The molecule has 0 unspecified atom stereocenters. The number of esters is 1. The maximum absolute atomic E-state index is 13.4. The summed E-state index contributed by atoms with van der Waals surface area (Å²) in [6.07, 6.45) is 4.70. The number of aliphatic hydroxyl groups is 1. The van der Waals surface area contributed by atoms with Gasteiger partial charge >= 0.3 is 5.97 Å². The Morgan fingerprint density at radius 3 is 2.50 bits per heavy atom. The van der Waals surface area contributed by atoms with E-state index in [0.717, 1.165) is 18.4 Å². The zero-order valence-electron chi connectivity index (χ0n) is 22.6. The lowest BCUT2D eigenvalue weighted by Gasteiger charge is -2.38. The van der Waals surface area contributed by atoms with Crippen LogP contribution in [0.2, 0.25) is 0 Å². The third kappa shape index (κ3) is 6.52. The van der Waals surface area contributed by atoms with Crippen molar-refractivity contribution in [2.24, 2.45) is 0 Å². The standard InChI is InChI=1S/C31H33N3O5S/c1-3-16-31(17-15-22-9-6-5-7-10-22)19-27(35)29(30(36)39-31)26(4-2)24-11-8-12-25(18-24)34-40(37,38)28-14-13-23(20-32)21-33-28/h5-14,18,21,26,34-35H,3-4,15-17,19H2,1-2H3/t26-,31-/m0/s1. The molecule has 0 bridgehead atoms. The van der Waals surface area contributed by atoms with Gasteiger partial charge in [-0.1, -0.05) is 62.7 Å². The first-order chi connectivity index (χ1) is 19.2. The van der Waals surface area contributed by atoms with Crippen molar-refractivity contribution in [3.05, 3.63) is 101 Å². The van der Waals surface area contributed by atoms with Crippen LogP contribution in [0.4, 0.5) is 5.69 Å². The molecule has 8 nitrogen and oxygen atoms in total. The average molecular weight is 560 g/mol. The highest BCUT2D eigenvalue weighted by molar-refractivity contribution is 7.92. The Kier molecular flexibility index (Phi) is 8.90. The molecule has 208 valence electrons. The Morgan fingerprint density at radius 1 is 1.10 bits per heavy atom. The number of aliphatic hydroxyl groups excluding tert-OH is 1. The molecule has 0 saturated heterocycles. The van der Waals surface area contributed by atoms with Gasteiger partial charge in [0.15, 0.2) is 5.03 Å². The zero-order chi connectivity index (χ0) is 28.8. The minimum atomic E-state index is -4.01. The molecule has 40 heavy (non-hydrogen) atoms. The summed E-state index contributed by atoms with van der Waals surface area (Å²) < 4.78 is 34.4. The lowest BCUT2D eigenvalue weighted by Crippen LogP contribution is -2.41. The molecule has 2 N–H and O–H groups in total. The normalized spacial score (nSPS) is 18.1. The van der Waals surface area contributed by atoms with Crippen LogP contribution >= 0.6 is 0 Å². The molecule has 0 aliphatic carbocycles. The van der Waals surface area contributed by atoms with Crippen molar-refractivity contribution in [1.82, 2.24) is 4.98 Å². The van der Waals surface area contributed by atoms with E-state index in [1.807, 2.05) is 50.2 Å². The smallest absolute Gasteiger partial charge is 0.338 e. The van der Waals surface area contributed by atoms with Gasteiger partial charge in [-0.15, -0.1) is 0 Å². The zero-order valence-corrected chi connectivity index (χ0v) is 23.4. The Morgan fingerprint density at radius 2 is 1.88 bits per heavy atom. The van der Waals surface area contributed by atoms with Crippen LogP contribution in [0, 0.1) is 11.3 Å². The highest BCUT2D eigenvalue weighted by atomic mass is 32.2. The number of carbonyl (C=O) groups excluding carboxylic acids is 1. The largest absolute Gasteiger partial charge is 0.512 e. The average Bonchev–Trinajstić information content (AvgIpc) is 2.94. The summed E-state index contributed by atoms with van der Waals surface area (Å²) in [6, 6.07) is 21.3. The number of carbonyl (C=O) groups is 1. The molecule has 2 atom stereocenters. The van der Waals surface area contributed by atoms with Gasteiger partial charge in [-0.05, 0) is 61.1 Å². The maximum atomic E-state index is 13.4. The summed E-state index contributed by atoms with van der Waals surface area (Å²) in [7, 11) is -4.01. The van der Waals surface area contributed by atoms with Gasteiger partial charge in [0.2, 0.25) is 0 Å². The third-order valence-electron chi connectivity index (χ3n) is 7.19. The summed E-state index contributed by atoms with van der Waals surface area (Å²) in [5.41, 5.74) is 1.78. The Bertz CT molecular complexity index is 1530. The van der Waals surface area contributed by atoms with Gasteiger partial charge in [0, 0.05) is 24.2 Å². The van der Waals surface area contributed by atoms with E-state index >= 15 is 0 Å².